The van der Waals surface area contributed by atoms with Gasteiger partial charge in [-0.25, -0.2) is 4.79 Å². The van der Waals surface area contributed by atoms with Crippen molar-refractivity contribution in [2.75, 3.05) is 0 Å². The number of carbonyl (C=O) groups is 2. The van der Waals surface area contributed by atoms with E-state index in [-0.39, 0.29) is 18.7 Å². The minimum Gasteiger partial charge on any atom is -0.481 e. The van der Waals surface area contributed by atoms with Gasteiger partial charge in [0.2, 0.25) is 0 Å². The molecular weight excluding hydrogens is 168 g/mol. The lowest BCUT2D eigenvalue weighted by atomic mass is 10.3. The predicted octanol–water partition coefficient (Wildman–Crippen LogP) is 0.868. The molecule has 0 aliphatic rings. The highest BCUT2D eigenvalue weighted by Crippen LogP contribution is 1.96. The first-order valence-corrected chi connectivity index (χ1v) is 2.63. The molecule has 12 heavy (non-hydrogen) atoms. The first kappa shape index (κ1) is 17.0. The lowest BCUT2D eigenvalue weighted by Crippen LogP contribution is -2.16. The molecule has 0 aromatic heterocycles. The van der Waals surface area contributed by atoms with Crippen LogP contribution >= 0.6 is 0 Å². The largest absolute Gasteiger partial charge is 0.506 e. The van der Waals surface area contributed by atoms with E-state index in [2.05, 4.69) is 4.74 Å². The van der Waals surface area contributed by atoms with E-state index in [9.17, 15) is 9.59 Å². The van der Waals surface area contributed by atoms with E-state index in [1.807, 2.05) is 0 Å². The number of carboxylic acid groups (broad SMARTS) is 2. The third kappa shape index (κ3) is 11.5. The van der Waals surface area contributed by atoms with Crippen molar-refractivity contribution in [1.29, 1.82) is 0 Å². The summed E-state index contributed by atoms with van der Waals surface area (Å²) in [7, 11) is 0. The predicted molar refractivity (Wildman–Crippen MR) is 40.9 cm³/mol. The van der Waals surface area contributed by atoms with Crippen LogP contribution in [0.4, 0.5) is 4.79 Å². The molecule has 0 spiro atoms. The van der Waals surface area contributed by atoms with Crippen LogP contribution in [0.2, 0.25) is 0 Å². The smallest absolute Gasteiger partial charge is 0.481 e. The van der Waals surface area contributed by atoms with Gasteiger partial charge in [-0.15, -0.1) is 0 Å². The molecule has 0 saturated carbocycles. The standard InChI is InChI=1S/C5H8O5.2H3N/c1-3(2-4(6)7)10-5(8)9;;/h3H,2H2,1H3,(H,6,7)(H,8,9);2*1H3. The van der Waals surface area contributed by atoms with Gasteiger partial charge in [0.15, 0.2) is 0 Å². The summed E-state index contributed by atoms with van der Waals surface area (Å²) in [4.78, 5) is 19.7. The molecule has 0 fully saturated rings. The summed E-state index contributed by atoms with van der Waals surface area (Å²) in [5.74, 6) is -1.08. The maximum Gasteiger partial charge on any atom is 0.506 e. The maximum atomic E-state index is 9.92. The van der Waals surface area contributed by atoms with Gasteiger partial charge >= 0.3 is 12.1 Å². The lowest BCUT2D eigenvalue weighted by molar-refractivity contribution is -0.139. The topological polar surface area (TPSA) is 154 Å². The monoisotopic (exact) mass is 182 g/mol. The molecule has 1 atom stereocenters. The number of hydrogen-bond acceptors (Lipinski definition) is 5. The van der Waals surface area contributed by atoms with E-state index in [1.54, 1.807) is 0 Å². The first-order chi connectivity index (χ1) is 4.52. The van der Waals surface area contributed by atoms with Gasteiger partial charge < -0.3 is 27.3 Å². The Kier molecular flexibility index (Phi) is 11.0. The van der Waals surface area contributed by atoms with Gasteiger partial charge in [-0.1, -0.05) is 0 Å². The second-order valence-corrected chi connectivity index (χ2v) is 1.79. The Bertz CT molecular complexity index is 133. The van der Waals surface area contributed by atoms with Gasteiger partial charge in [0.25, 0.3) is 0 Å². The summed E-state index contributed by atoms with van der Waals surface area (Å²) >= 11 is 0. The average molecular weight is 182 g/mol. The van der Waals surface area contributed by atoms with Gasteiger partial charge in [0, 0.05) is 0 Å². The normalized spacial score (nSPS) is 10.1. The number of carboxylic acids is 1. The van der Waals surface area contributed by atoms with E-state index in [4.69, 9.17) is 10.2 Å². The SMILES string of the molecule is CC(CC(=O)O)OC(=O)O.N.N. The average Bonchev–Trinajstić information content (AvgIpc) is 1.58. The van der Waals surface area contributed by atoms with Crippen molar-refractivity contribution in [1.82, 2.24) is 12.3 Å². The highest BCUT2D eigenvalue weighted by atomic mass is 16.7. The molecule has 0 aromatic carbocycles. The van der Waals surface area contributed by atoms with E-state index < -0.39 is 18.2 Å². The van der Waals surface area contributed by atoms with Crippen molar-refractivity contribution in [2.24, 2.45) is 0 Å². The van der Waals surface area contributed by atoms with Crippen LogP contribution in [0.5, 0.6) is 0 Å². The summed E-state index contributed by atoms with van der Waals surface area (Å²) in [6.45, 7) is 1.38. The second kappa shape index (κ2) is 7.76. The molecule has 0 bridgehead atoms. The van der Waals surface area contributed by atoms with Crippen molar-refractivity contribution < 1.29 is 24.5 Å². The number of hydrogen-bond donors (Lipinski definition) is 4. The molecule has 0 aliphatic carbocycles. The van der Waals surface area contributed by atoms with Crippen LogP contribution in [0.3, 0.4) is 0 Å². The summed E-state index contributed by atoms with van der Waals surface area (Å²) in [6, 6.07) is 0. The molecule has 1 unspecified atom stereocenters. The maximum absolute atomic E-state index is 9.92. The van der Waals surface area contributed by atoms with Crippen LogP contribution in [0.1, 0.15) is 13.3 Å². The van der Waals surface area contributed by atoms with Crippen molar-refractivity contribution in [3.05, 3.63) is 0 Å². The van der Waals surface area contributed by atoms with E-state index in [0.717, 1.165) is 0 Å². The zero-order valence-electron chi connectivity index (χ0n) is 6.82. The van der Waals surface area contributed by atoms with Gasteiger partial charge in [0.05, 0.1) is 6.42 Å². The number of aliphatic carboxylic acids is 1. The van der Waals surface area contributed by atoms with Crippen molar-refractivity contribution in [2.45, 2.75) is 19.4 Å². The quantitative estimate of drug-likeness (QED) is 0.472. The van der Waals surface area contributed by atoms with E-state index >= 15 is 0 Å². The molecule has 7 nitrogen and oxygen atoms in total. The Morgan fingerprint density at radius 2 is 1.75 bits per heavy atom. The van der Waals surface area contributed by atoms with Crippen molar-refractivity contribution in [3.8, 4) is 0 Å². The summed E-state index contributed by atoms with van der Waals surface area (Å²) in [5, 5.41) is 16.1. The fraction of sp³-hybridized carbons (Fsp3) is 0.600. The van der Waals surface area contributed by atoms with Gasteiger partial charge in [-0.2, -0.15) is 0 Å². The summed E-state index contributed by atoms with van der Waals surface area (Å²) < 4.78 is 4.10. The van der Waals surface area contributed by atoms with Gasteiger partial charge in [-0.05, 0) is 6.92 Å². The molecule has 0 radical (unpaired) electrons. The fourth-order valence-electron chi connectivity index (χ4n) is 0.460. The molecule has 0 heterocycles. The van der Waals surface area contributed by atoms with Gasteiger partial charge in [-0.3, -0.25) is 4.79 Å². The zero-order valence-corrected chi connectivity index (χ0v) is 6.82. The van der Waals surface area contributed by atoms with Crippen LogP contribution in [-0.4, -0.2) is 28.4 Å². The Morgan fingerprint density at radius 1 is 1.33 bits per heavy atom. The molecule has 8 N–H and O–H groups in total. The minimum absolute atomic E-state index is 0. The van der Waals surface area contributed by atoms with Crippen LogP contribution in [-0.2, 0) is 9.53 Å². The van der Waals surface area contributed by atoms with Gasteiger partial charge in [0.1, 0.15) is 6.10 Å². The Labute approximate surface area is 69.5 Å². The number of rotatable bonds is 3. The van der Waals surface area contributed by atoms with Crippen molar-refractivity contribution in [3.63, 3.8) is 0 Å². The Morgan fingerprint density at radius 3 is 2.00 bits per heavy atom. The van der Waals surface area contributed by atoms with E-state index in [0.29, 0.717) is 0 Å². The van der Waals surface area contributed by atoms with Crippen molar-refractivity contribution >= 4 is 12.1 Å². The molecule has 74 valence electrons. The Hall–Kier alpha value is -1.34. The summed E-state index contributed by atoms with van der Waals surface area (Å²) in [5.41, 5.74) is 0. The van der Waals surface area contributed by atoms with Crippen LogP contribution < -0.4 is 12.3 Å². The molecule has 7 heteroatoms. The second-order valence-electron chi connectivity index (χ2n) is 1.79. The van der Waals surface area contributed by atoms with Crippen LogP contribution in [0.25, 0.3) is 0 Å². The lowest BCUT2D eigenvalue weighted by Gasteiger charge is -2.05. The van der Waals surface area contributed by atoms with E-state index in [1.165, 1.54) is 6.92 Å². The Balaban J connectivity index is -0.000000405. The summed E-state index contributed by atoms with van der Waals surface area (Å²) in [6.07, 6.45) is -2.53. The van der Waals surface area contributed by atoms with Crippen LogP contribution in [0.15, 0.2) is 0 Å². The molecule has 0 aliphatic heterocycles. The third-order valence-corrected chi connectivity index (χ3v) is 0.764. The highest BCUT2D eigenvalue weighted by molar-refractivity contribution is 5.68. The first-order valence-electron chi connectivity index (χ1n) is 2.63. The molecule has 0 aromatic rings. The molecule has 0 rings (SSSR count). The molecule has 0 saturated heterocycles. The van der Waals surface area contributed by atoms with Crippen LogP contribution in [0, 0.1) is 0 Å². The highest BCUT2D eigenvalue weighted by Gasteiger charge is 2.10. The molecule has 0 amide bonds. The zero-order chi connectivity index (χ0) is 8.15. The minimum atomic E-state index is -1.45. The third-order valence-electron chi connectivity index (χ3n) is 0.764. The number of ether oxygens (including phenoxy) is 1. The molecular formula is C5H14N2O5. The fourth-order valence-corrected chi connectivity index (χ4v) is 0.460.